The van der Waals surface area contributed by atoms with Gasteiger partial charge in [-0.3, -0.25) is 9.89 Å². The van der Waals surface area contributed by atoms with Crippen LogP contribution in [0.5, 0.6) is 0 Å². The third-order valence-corrected chi connectivity index (χ3v) is 4.70. The predicted molar refractivity (Wildman–Crippen MR) is 86.8 cm³/mol. The number of likely N-dealkylation sites (tertiary alicyclic amines) is 1. The predicted octanol–water partition coefficient (Wildman–Crippen LogP) is 2.62. The van der Waals surface area contributed by atoms with Gasteiger partial charge in [0.1, 0.15) is 0 Å². The SMILES string of the molecule is COCCC[C@@H]1CCCN(C(=O)CCc2c(C)n[nH]c2C)C1. The molecule has 0 unspecified atom stereocenters. The van der Waals surface area contributed by atoms with Gasteiger partial charge in [0.25, 0.3) is 0 Å². The zero-order chi connectivity index (χ0) is 15.9. The summed E-state index contributed by atoms with van der Waals surface area (Å²) in [7, 11) is 1.75. The van der Waals surface area contributed by atoms with Crippen LogP contribution in [-0.4, -0.2) is 47.8 Å². The first-order valence-corrected chi connectivity index (χ1v) is 8.39. The summed E-state index contributed by atoms with van der Waals surface area (Å²) >= 11 is 0. The number of aromatic nitrogens is 2. The summed E-state index contributed by atoms with van der Waals surface area (Å²) in [5.74, 6) is 0.932. The lowest BCUT2D eigenvalue weighted by molar-refractivity contribution is -0.133. The van der Waals surface area contributed by atoms with Crippen molar-refractivity contribution >= 4 is 5.91 Å². The number of amides is 1. The summed E-state index contributed by atoms with van der Waals surface area (Å²) in [5.41, 5.74) is 3.30. The second-order valence-electron chi connectivity index (χ2n) is 6.40. The monoisotopic (exact) mass is 307 g/mol. The third-order valence-electron chi connectivity index (χ3n) is 4.70. The molecule has 0 spiro atoms. The van der Waals surface area contributed by atoms with Crippen molar-refractivity contribution in [3.05, 3.63) is 17.0 Å². The Morgan fingerprint density at radius 2 is 2.27 bits per heavy atom. The number of H-pyrrole nitrogens is 1. The van der Waals surface area contributed by atoms with Crippen molar-refractivity contribution in [3.8, 4) is 0 Å². The van der Waals surface area contributed by atoms with E-state index in [1.165, 1.54) is 12.0 Å². The summed E-state index contributed by atoms with van der Waals surface area (Å²) in [6.45, 7) is 6.68. The quantitative estimate of drug-likeness (QED) is 0.788. The molecule has 1 saturated heterocycles. The summed E-state index contributed by atoms with van der Waals surface area (Å²) in [6.07, 6.45) is 6.01. The first-order valence-electron chi connectivity index (χ1n) is 8.39. The molecule has 124 valence electrons. The van der Waals surface area contributed by atoms with Crippen molar-refractivity contribution in [2.75, 3.05) is 26.8 Å². The van der Waals surface area contributed by atoms with Crippen LogP contribution in [0.1, 0.15) is 49.1 Å². The van der Waals surface area contributed by atoms with E-state index in [4.69, 9.17) is 4.74 Å². The van der Waals surface area contributed by atoms with E-state index < -0.39 is 0 Å². The normalized spacial score (nSPS) is 18.7. The molecule has 0 saturated carbocycles. The molecule has 2 heterocycles. The molecule has 1 fully saturated rings. The van der Waals surface area contributed by atoms with Crippen LogP contribution < -0.4 is 0 Å². The smallest absolute Gasteiger partial charge is 0.222 e. The van der Waals surface area contributed by atoms with Crippen molar-refractivity contribution in [2.45, 2.75) is 52.4 Å². The highest BCUT2D eigenvalue weighted by atomic mass is 16.5. The number of nitrogens with one attached hydrogen (secondary N) is 1. The average Bonchev–Trinajstić information content (AvgIpc) is 2.84. The van der Waals surface area contributed by atoms with Gasteiger partial charge in [0.15, 0.2) is 0 Å². The van der Waals surface area contributed by atoms with Crippen LogP contribution in [0.15, 0.2) is 0 Å². The minimum atomic E-state index is 0.288. The largest absolute Gasteiger partial charge is 0.385 e. The van der Waals surface area contributed by atoms with E-state index in [9.17, 15) is 4.79 Å². The number of hydrogen-bond donors (Lipinski definition) is 1. The Labute approximate surface area is 133 Å². The molecule has 0 bridgehead atoms. The van der Waals surface area contributed by atoms with Crippen LogP contribution in [0, 0.1) is 19.8 Å². The van der Waals surface area contributed by atoms with Crippen LogP contribution in [-0.2, 0) is 16.0 Å². The van der Waals surface area contributed by atoms with Crippen molar-refractivity contribution in [2.24, 2.45) is 5.92 Å². The number of rotatable bonds is 7. The van der Waals surface area contributed by atoms with Gasteiger partial charge in [-0.15, -0.1) is 0 Å². The zero-order valence-corrected chi connectivity index (χ0v) is 14.2. The number of ether oxygens (including phenoxy) is 1. The molecule has 1 aliphatic heterocycles. The third kappa shape index (κ3) is 4.57. The minimum absolute atomic E-state index is 0.288. The van der Waals surface area contributed by atoms with E-state index in [0.717, 1.165) is 56.8 Å². The maximum atomic E-state index is 12.5. The fourth-order valence-corrected chi connectivity index (χ4v) is 3.38. The molecule has 22 heavy (non-hydrogen) atoms. The lowest BCUT2D eigenvalue weighted by Gasteiger charge is -2.33. The molecule has 1 N–H and O–H groups in total. The molecule has 5 nitrogen and oxygen atoms in total. The van der Waals surface area contributed by atoms with E-state index in [1.807, 2.05) is 13.8 Å². The number of piperidine rings is 1. The first-order chi connectivity index (χ1) is 10.6. The number of methoxy groups -OCH3 is 1. The molecule has 1 atom stereocenters. The van der Waals surface area contributed by atoms with Gasteiger partial charge >= 0.3 is 0 Å². The topological polar surface area (TPSA) is 58.2 Å². The summed E-state index contributed by atoms with van der Waals surface area (Å²) in [4.78, 5) is 14.5. The van der Waals surface area contributed by atoms with Gasteiger partial charge in [0.2, 0.25) is 5.91 Å². The van der Waals surface area contributed by atoms with E-state index in [0.29, 0.717) is 12.3 Å². The van der Waals surface area contributed by atoms with E-state index in [-0.39, 0.29) is 5.91 Å². The summed E-state index contributed by atoms with van der Waals surface area (Å²) < 4.78 is 5.12. The van der Waals surface area contributed by atoms with Gasteiger partial charge in [0, 0.05) is 38.9 Å². The Balaban J connectivity index is 1.79. The van der Waals surface area contributed by atoms with E-state index in [1.54, 1.807) is 7.11 Å². The van der Waals surface area contributed by atoms with Crippen LogP contribution in [0.25, 0.3) is 0 Å². The number of nitrogens with zero attached hydrogens (tertiary/aromatic N) is 2. The molecular formula is C17H29N3O2. The highest BCUT2D eigenvalue weighted by molar-refractivity contribution is 5.76. The van der Waals surface area contributed by atoms with Gasteiger partial charge in [-0.25, -0.2) is 0 Å². The van der Waals surface area contributed by atoms with Gasteiger partial charge in [-0.05, 0) is 57.4 Å². The highest BCUT2D eigenvalue weighted by Crippen LogP contribution is 2.22. The lowest BCUT2D eigenvalue weighted by atomic mass is 9.93. The van der Waals surface area contributed by atoms with Gasteiger partial charge < -0.3 is 9.64 Å². The molecule has 0 aromatic carbocycles. The number of aryl methyl sites for hydroxylation is 2. The fraction of sp³-hybridized carbons (Fsp3) is 0.765. The minimum Gasteiger partial charge on any atom is -0.385 e. The second-order valence-corrected chi connectivity index (χ2v) is 6.40. The molecule has 0 radical (unpaired) electrons. The fourth-order valence-electron chi connectivity index (χ4n) is 3.38. The van der Waals surface area contributed by atoms with Crippen molar-refractivity contribution < 1.29 is 9.53 Å². The number of carbonyl (C=O) groups is 1. The average molecular weight is 307 g/mol. The Morgan fingerprint density at radius 1 is 1.45 bits per heavy atom. The number of hydrogen-bond acceptors (Lipinski definition) is 3. The highest BCUT2D eigenvalue weighted by Gasteiger charge is 2.23. The number of aromatic amines is 1. The van der Waals surface area contributed by atoms with Crippen molar-refractivity contribution in [1.29, 1.82) is 0 Å². The molecule has 1 aliphatic rings. The first kappa shape index (κ1) is 17.0. The molecule has 0 aliphatic carbocycles. The van der Waals surface area contributed by atoms with Gasteiger partial charge in [-0.1, -0.05) is 0 Å². The molecule has 1 amide bonds. The van der Waals surface area contributed by atoms with E-state index in [2.05, 4.69) is 15.1 Å². The van der Waals surface area contributed by atoms with E-state index >= 15 is 0 Å². The molecule has 2 rings (SSSR count). The Hall–Kier alpha value is -1.36. The standard InChI is InChI=1S/C17H29N3O2/c1-13-16(14(2)19-18-13)8-9-17(21)20-10-4-6-15(12-20)7-5-11-22-3/h15H,4-12H2,1-3H3,(H,18,19)/t15-/m0/s1. The zero-order valence-electron chi connectivity index (χ0n) is 14.2. The van der Waals surface area contributed by atoms with Gasteiger partial charge in [0.05, 0.1) is 5.69 Å². The van der Waals surface area contributed by atoms with Crippen LogP contribution >= 0.6 is 0 Å². The van der Waals surface area contributed by atoms with Crippen LogP contribution in [0.4, 0.5) is 0 Å². The summed E-state index contributed by atoms with van der Waals surface area (Å²) in [6, 6.07) is 0. The van der Waals surface area contributed by atoms with Crippen LogP contribution in [0.2, 0.25) is 0 Å². The van der Waals surface area contributed by atoms with Crippen molar-refractivity contribution in [3.63, 3.8) is 0 Å². The van der Waals surface area contributed by atoms with Gasteiger partial charge in [-0.2, -0.15) is 5.10 Å². The maximum Gasteiger partial charge on any atom is 0.222 e. The molecular weight excluding hydrogens is 278 g/mol. The summed E-state index contributed by atoms with van der Waals surface area (Å²) in [5, 5.41) is 7.19. The Morgan fingerprint density at radius 3 is 2.95 bits per heavy atom. The Kier molecular flexibility index (Phi) is 6.43. The second kappa shape index (κ2) is 8.32. The van der Waals surface area contributed by atoms with Crippen molar-refractivity contribution in [1.82, 2.24) is 15.1 Å². The Bertz CT molecular complexity index is 465. The molecule has 5 heteroatoms. The molecule has 1 aromatic rings. The number of carbonyl (C=O) groups excluding carboxylic acids is 1. The molecule has 1 aromatic heterocycles. The van der Waals surface area contributed by atoms with Crippen LogP contribution in [0.3, 0.4) is 0 Å². The maximum absolute atomic E-state index is 12.5. The lowest BCUT2D eigenvalue weighted by Crippen LogP contribution is -2.40.